The van der Waals surface area contributed by atoms with Gasteiger partial charge in [-0.3, -0.25) is 24.1 Å². The van der Waals surface area contributed by atoms with Crippen LogP contribution in [0.5, 0.6) is 17.2 Å². The lowest BCUT2D eigenvalue weighted by Gasteiger charge is -2.32. The number of fused-ring (bicyclic) bond motifs is 1. The van der Waals surface area contributed by atoms with Crippen molar-refractivity contribution >= 4 is 28.7 Å². The van der Waals surface area contributed by atoms with Crippen molar-refractivity contribution in [1.29, 1.82) is 0 Å². The third-order valence-electron chi connectivity index (χ3n) is 13.3. The van der Waals surface area contributed by atoms with Gasteiger partial charge >= 0.3 is 5.97 Å². The van der Waals surface area contributed by atoms with E-state index in [0.29, 0.717) is 89.6 Å². The summed E-state index contributed by atoms with van der Waals surface area (Å²) in [5, 5.41) is 38.7. The number of likely N-dealkylation sites (tertiary alicyclic amines) is 2. The summed E-state index contributed by atoms with van der Waals surface area (Å²) in [5.74, 6) is 0.325. The maximum atomic E-state index is 13.4. The number of aliphatic hydroxyl groups excluding tert-OH is 1. The Bertz CT molecular complexity index is 2750. The molecule has 8 rings (SSSR count). The normalized spacial score (nSPS) is 15.2. The van der Waals surface area contributed by atoms with E-state index in [0.717, 1.165) is 50.9 Å². The molecule has 5 aromatic carbocycles. The second kappa shape index (κ2) is 23.3. The minimum Gasteiger partial charge on any atom is -0.507 e. The number of amides is 2. The SMILES string of the molecule is O=C(COc1cccc(-c2c(O)cccc2CC(=O)OCC2CCN(Cc3ccccc3)CC2)c1)NCC1CCN(C(=O)c2ccc(CCNC[C@H](O)c3ccc(O)c4[nH]c(=O)ccc34)cc2)CC1. The first-order valence-electron chi connectivity index (χ1n) is 23.9. The van der Waals surface area contributed by atoms with E-state index >= 15 is 0 Å². The third-order valence-corrected chi connectivity index (χ3v) is 13.3. The molecule has 0 saturated carbocycles. The number of aromatic hydroxyl groups is 2. The molecule has 6 N–H and O–H groups in total. The number of benzene rings is 5. The lowest BCUT2D eigenvalue weighted by Crippen LogP contribution is -2.42. The first kappa shape index (κ1) is 48.5. The molecule has 360 valence electrons. The fraction of sp³-hybridized carbons (Fsp3) is 0.345. The number of rotatable bonds is 19. The first-order valence-corrected chi connectivity index (χ1v) is 23.9. The van der Waals surface area contributed by atoms with Crippen molar-refractivity contribution in [2.75, 3.05) is 59.0 Å². The molecule has 0 bridgehead atoms. The smallest absolute Gasteiger partial charge is 0.310 e. The van der Waals surface area contributed by atoms with Crippen LogP contribution in [-0.2, 0) is 33.7 Å². The van der Waals surface area contributed by atoms with Gasteiger partial charge in [0.15, 0.2) is 6.61 Å². The molecule has 2 fully saturated rings. The predicted octanol–water partition coefficient (Wildman–Crippen LogP) is 6.52. The number of carbonyl (C=O) groups excluding carboxylic acids is 3. The molecule has 2 aliphatic rings. The van der Waals surface area contributed by atoms with Gasteiger partial charge in [-0.15, -0.1) is 0 Å². The Morgan fingerprint density at radius 2 is 1.52 bits per heavy atom. The molecule has 6 aromatic rings. The number of phenolic OH excluding ortho intramolecular Hbond substituents is 2. The van der Waals surface area contributed by atoms with Crippen molar-refractivity contribution in [2.45, 2.75) is 51.2 Å². The van der Waals surface area contributed by atoms with Crippen molar-refractivity contribution < 1.29 is 39.2 Å². The lowest BCUT2D eigenvalue weighted by molar-refractivity contribution is -0.144. The molecule has 0 unspecified atom stereocenters. The van der Waals surface area contributed by atoms with Crippen LogP contribution < -0.4 is 20.9 Å². The topological polar surface area (TPSA) is 194 Å². The number of piperidine rings is 2. The average molecular weight is 936 g/mol. The van der Waals surface area contributed by atoms with Crippen molar-refractivity contribution in [1.82, 2.24) is 25.4 Å². The van der Waals surface area contributed by atoms with E-state index in [4.69, 9.17) is 9.47 Å². The zero-order valence-electron chi connectivity index (χ0n) is 38.8. The highest BCUT2D eigenvalue weighted by Gasteiger charge is 2.25. The molecular formula is C55H61N5O9. The van der Waals surface area contributed by atoms with Gasteiger partial charge in [0.2, 0.25) is 5.56 Å². The Balaban J connectivity index is 0.723. The maximum Gasteiger partial charge on any atom is 0.310 e. The molecule has 0 aliphatic carbocycles. The van der Waals surface area contributed by atoms with Crippen LogP contribution in [0, 0.1) is 11.8 Å². The van der Waals surface area contributed by atoms with Crippen LogP contribution in [-0.4, -0.2) is 107 Å². The molecule has 1 atom stereocenters. The molecule has 14 heteroatoms. The molecule has 2 aliphatic heterocycles. The van der Waals surface area contributed by atoms with E-state index in [9.17, 15) is 34.5 Å². The Hall–Kier alpha value is -7.00. The number of nitrogens with zero attached hydrogens (tertiary/aromatic N) is 2. The highest BCUT2D eigenvalue weighted by molar-refractivity contribution is 5.94. The number of hydrogen-bond donors (Lipinski definition) is 6. The zero-order valence-corrected chi connectivity index (χ0v) is 38.8. The second-order valence-electron chi connectivity index (χ2n) is 18.2. The summed E-state index contributed by atoms with van der Waals surface area (Å²) in [5.41, 5.74) is 5.33. The van der Waals surface area contributed by atoms with Gasteiger partial charge in [0, 0.05) is 55.3 Å². The van der Waals surface area contributed by atoms with E-state index in [1.165, 1.54) is 17.7 Å². The van der Waals surface area contributed by atoms with Crippen LogP contribution in [0.3, 0.4) is 0 Å². The number of aromatic amines is 1. The van der Waals surface area contributed by atoms with E-state index in [2.05, 4.69) is 44.8 Å². The van der Waals surface area contributed by atoms with Gasteiger partial charge in [-0.05, 0) is 134 Å². The van der Waals surface area contributed by atoms with Gasteiger partial charge in [0.05, 0.1) is 24.6 Å². The summed E-state index contributed by atoms with van der Waals surface area (Å²) in [6.07, 6.45) is 3.30. The number of nitrogens with one attached hydrogen (secondary N) is 3. The highest BCUT2D eigenvalue weighted by atomic mass is 16.5. The Morgan fingerprint density at radius 1 is 0.768 bits per heavy atom. The van der Waals surface area contributed by atoms with Gasteiger partial charge < -0.3 is 45.3 Å². The standard InChI is InChI=1S/C55H61N5O9/c61-47-11-5-9-43(31-52(66)69-35-40-21-26-59(27-22-40)34-39-6-2-1-3-7-39)53(47)42-8-4-10-44(30-42)68-36-51(65)57-32-38-23-28-60(29-24-38)55(67)41-14-12-37(13-15-41)20-25-56-33-49(63)45-16-18-48(62)54-46(45)17-19-50(64)58-54/h1-19,30,38,40,49,56,61-63H,20-29,31-36H2,(H,57,65)(H,58,64)/t49-/m0/s1. The Morgan fingerprint density at radius 3 is 2.30 bits per heavy atom. The Kier molecular flexibility index (Phi) is 16.4. The molecule has 69 heavy (non-hydrogen) atoms. The van der Waals surface area contributed by atoms with Crippen molar-refractivity contribution in [3.05, 3.63) is 159 Å². The second-order valence-corrected chi connectivity index (χ2v) is 18.2. The molecular weight excluding hydrogens is 875 g/mol. The summed E-state index contributed by atoms with van der Waals surface area (Å²) in [6, 6.07) is 36.3. The van der Waals surface area contributed by atoms with Crippen molar-refractivity contribution in [3.63, 3.8) is 0 Å². The lowest BCUT2D eigenvalue weighted by atomic mass is 9.96. The largest absolute Gasteiger partial charge is 0.507 e. The Labute approximate surface area is 401 Å². The monoisotopic (exact) mass is 935 g/mol. The van der Waals surface area contributed by atoms with E-state index in [1.807, 2.05) is 47.4 Å². The summed E-state index contributed by atoms with van der Waals surface area (Å²) < 4.78 is 11.6. The maximum absolute atomic E-state index is 13.4. The number of aliphatic hydroxyl groups is 1. The van der Waals surface area contributed by atoms with E-state index in [1.54, 1.807) is 42.5 Å². The summed E-state index contributed by atoms with van der Waals surface area (Å²) in [6.45, 7) is 5.55. The molecule has 2 amide bonds. The number of carbonyl (C=O) groups is 3. The number of pyridine rings is 1. The van der Waals surface area contributed by atoms with E-state index < -0.39 is 6.10 Å². The van der Waals surface area contributed by atoms with Gasteiger partial charge in [0.25, 0.3) is 11.8 Å². The molecule has 14 nitrogen and oxygen atoms in total. The molecule has 1 aromatic heterocycles. The van der Waals surface area contributed by atoms with Gasteiger partial charge in [-0.2, -0.15) is 0 Å². The highest BCUT2D eigenvalue weighted by Crippen LogP contribution is 2.35. The fourth-order valence-electron chi connectivity index (χ4n) is 9.30. The first-order chi connectivity index (χ1) is 33.6. The average Bonchev–Trinajstić information content (AvgIpc) is 3.37. The van der Waals surface area contributed by atoms with Gasteiger partial charge in [-0.1, -0.05) is 72.8 Å². The summed E-state index contributed by atoms with van der Waals surface area (Å²) >= 11 is 0. The van der Waals surface area contributed by atoms with Crippen LogP contribution >= 0.6 is 0 Å². The zero-order chi connectivity index (χ0) is 48.1. The minimum absolute atomic E-state index is 0.00818. The summed E-state index contributed by atoms with van der Waals surface area (Å²) in [7, 11) is 0. The van der Waals surface area contributed by atoms with Crippen LogP contribution in [0.25, 0.3) is 22.0 Å². The number of H-pyrrole nitrogens is 1. The number of esters is 1. The van der Waals surface area contributed by atoms with Crippen LogP contribution in [0.2, 0.25) is 0 Å². The quantitative estimate of drug-likeness (QED) is 0.0383. The molecule has 2 saturated heterocycles. The number of aromatic nitrogens is 1. The predicted molar refractivity (Wildman–Crippen MR) is 264 cm³/mol. The third kappa shape index (κ3) is 13.2. The number of ether oxygens (including phenoxy) is 2. The van der Waals surface area contributed by atoms with Crippen LogP contribution in [0.4, 0.5) is 0 Å². The van der Waals surface area contributed by atoms with Gasteiger partial charge in [-0.25, -0.2) is 0 Å². The minimum atomic E-state index is -0.849. The molecule has 0 radical (unpaired) electrons. The van der Waals surface area contributed by atoms with Crippen molar-refractivity contribution in [3.8, 4) is 28.4 Å². The van der Waals surface area contributed by atoms with E-state index in [-0.39, 0.29) is 60.3 Å². The molecule has 3 heterocycles. The molecule has 0 spiro atoms. The van der Waals surface area contributed by atoms with Gasteiger partial charge in [0.1, 0.15) is 17.2 Å². The van der Waals surface area contributed by atoms with Crippen LogP contribution in [0.1, 0.15) is 64.4 Å². The number of phenols is 2. The van der Waals surface area contributed by atoms with Crippen molar-refractivity contribution in [2.24, 2.45) is 11.8 Å². The number of hydrogen-bond acceptors (Lipinski definition) is 11. The fourth-order valence-corrected chi connectivity index (χ4v) is 9.30. The summed E-state index contributed by atoms with van der Waals surface area (Å²) in [4.78, 5) is 58.0. The van der Waals surface area contributed by atoms with Crippen LogP contribution in [0.15, 0.2) is 126 Å².